The number of hydrogen-bond acceptors (Lipinski definition) is 3. The number of thiophene rings is 1. The molecular weight excluding hydrogens is 220 g/mol. The van der Waals surface area contributed by atoms with Gasteiger partial charge in [0.2, 0.25) is 0 Å². The Labute approximate surface area is 100 Å². The van der Waals surface area contributed by atoms with Gasteiger partial charge in [0.25, 0.3) is 5.91 Å². The highest BCUT2D eigenvalue weighted by Gasteiger charge is 2.15. The van der Waals surface area contributed by atoms with Crippen LogP contribution in [-0.4, -0.2) is 11.9 Å². The van der Waals surface area contributed by atoms with Crippen LogP contribution >= 0.6 is 11.3 Å². The molecule has 0 saturated carbocycles. The Balaban J connectivity index is 2.72. The third kappa shape index (κ3) is 3.07. The van der Waals surface area contributed by atoms with E-state index in [-0.39, 0.29) is 11.9 Å². The van der Waals surface area contributed by atoms with Crippen LogP contribution in [0.1, 0.15) is 39.9 Å². The Morgan fingerprint density at radius 3 is 2.75 bits per heavy atom. The van der Waals surface area contributed by atoms with Gasteiger partial charge in [-0.25, -0.2) is 0 Å². The Morgan fingerprint density at radius 1 is 1.62 bits per heavy atom. The summed E-state index contributed by atoms with van der Waals surface area (Å²) >= 11 is 1.60. The van der Waals surface area contributed by atoms with Crippen LogP contribution in [0.25, 0.3) is 0 Å². The van der Waals surface area contributed by atoms with E-state index in [0.29, 0.717) is 12.0 Å². The minimum absolute atomic E-state index is 0.137. The van der Waals surface area contributed by atoms with E-state index in [0.717, 1.165) is 16.2 Å². The number of aryl methyl sites for hydroxylation is 2. The lowest BCUT2D eigenvalue weighted by Crippen LogP contribution is -2.33. The second kappa shape index (κ2) is 5.66. The molecule has 1 aromatic rings. The fraction of sp³-hybridized carbons (Fsp3) is 0.500. The molecule has 0 fully saturated rings. The van der Waals surface area contributed by atoms with Crippen molar-refractivity contribution in [2.24, 2.45) is 0 Å². The van der Waals surface area contributed by atoms with Crippen LogP contribution in [0.3, 0.4) is 0 Å². The average Bonchev–Trinajstić information content (AvgIpc) is 2.57. The molecule has 1 N–H and O–H groups in total. The number of rotatable bonds is 4. The van der Waals surface area contributed by atoms with E-state index in [4.69, 9.17) is 5.26 Å². The van der Waals surface area contributed by atoms with Crippen LogP contribution in [0, 0.1) is 25.2 Å². The maximum Gasteiger partial charge on any atom is 0.253 e. The van der Waals surface area contributed by atoms with Crippen LogP contribution in [0.2, 0.25) is 0 Å². The monoisotopic (exact) mass is 236 g/mol. The molecule has 86 valence electrons. The fourth-order valence-corrected chi connectivity index (χ4v) is 2.47. The average molecular weight is 236 g/mol. The maximum absolute atomic E-state index is 11.9. The molecule has 0 spiro atoms. The second-order valence-corrected chi connectivity index (χ2v) is 5.23. The molecule has 4 heteroatoms. The molecule has 1 atom stereocenters. The van der Waals surface area contributed by atoms with Crippen molar-refractivity contribution in [2.75, 3.05) is 0 Å². The normalized spacial score (nSPS) is 11.9. The maximum atomic E-state index is 11.9. The predicted molar refractivity (Wildman–Crippen MR) is 65.6 cm³/mol. The van der Waals surface area contributed by atoms with Gasteiger partial charge in [-0.05, 0) is 26.3 Å². The van der Waals surface area contributed by atoms with Crippen molar-refractivity contribution in [3.8, 4) is 6.07 Å². The van der Waals surface area contributed by atoms with Crippen molar-refractivity contribution in [1.29, 1.82) is 5.26 Å². The SMILES string of the molecule is CCC[C@H](C#N)NC(=O)c1cc(C)sc1C. The van der Waals surface area contributed by atoms with Crippen molar-refractivity contribution in [1.82, 2.24) is 5.32 Å². The predicted octanol–water partition coefficient (Wildman–Crippen LogP) is 2.79. The van der Waals surface area contributed by atoms with Crippen molar-refractivity contribution in [3.63, 3.8) is 0 Å². The highest BCUT2D eigenvalue weighted by Crippen LogP contribution is 2.20. The Hall–Kier alpha value is -1.34. The van der Waals surface area contributed by atoms with Crippen LogP contribution in [0.15, 0.2) is 6.07 Å². The molecule has 0 aliphatic heterocycles. The van der Waals surface area contributed by atoms with E-state index < -0.39 is 0 Å². The lowest BCUT2D eigenvalue weighted by atomic mass is 10.1. The smallest absolute Gasteiger partial charge is 0.253 e. The van der Waals surface area contributed by atoms with Crippen molar-refractivity contribution >= 4 is 17.2 Å². The summed E-state index contributed by atoms with van der Waals surface area (Å²) < 4.78 is 0. The van der Waals surface area contributed by atoms with Gasteiger partial charge in [-0.15, -0.1) is 11.3 Å². The van der Waals surface area contributed by atoms with Gasteiger partial charge in [-0.2, -0.15) is 5.26 Å². The van der Waals surface area contributed by atoms with E-state index in [1.165, 1.54) is 0 Å². The Kier molecular flexibility index (Phi) is 4.51. The third-order valence-electron chi connectivity index (χ3n) is 2.32. The van der Waals surface area contributed by atoms with Gasteiger partial charge in [-0.3, -0.25) is 4.79 Å². The molecule has 1 aromatic heterocycles. The molecule has 0 aromatic carbocycles. The van der Waals surface area contributed by atoms with Gasteiger partial charge in [-0.1, -0.05) is 13.3 Å². The summed E-state index contributed by atoms with van der Waals surface area (Å²) in [6.45, 7) is 5.90. The van der Waals surface area contributed by atoms with Gasteiger partial charge in [0, 0.05) is 9.75 Å². The van der Waals surface area contributed by atoms with Crippen LogP contribution in [0.5, 0.6) is 0 Å². The number of carbonyl (C=O) groups is 1. The summed E-state index contributed by atoms with van der Waals surface area (Å²) in [6, 6.07) is 3.59. The molecular formula is C12H16N2OS. The molecule has 0 bridgehead atoms. The van der Waals surface area contributed by atoms with E-state index >= 15 is 0 Å². The summed E-state index contributed by atoms with van der Waals surface area (Å²) in [5.41, 5.74) is 0.693. The first-order chi connectivity index (χ1) is 7.58. The van der Waals surface area contributed by atoms with Crippen molar-refractivity contribution in [3.05, 3.63) is 21.4 Å². The highest BCUT2D eigenvalue weighted by atomic mass is 32.1. The number of amides is 1. The molecule has 1 rings (SSSR count). The zero-order chi connectivity index (χ0) is 12.1. The quantitative estimate of drug-likeness (QED) is 0.874. The Morgan fingerprint density at radius 2 is 2.31 bits per heavy atom. The number of carbonyl (C=O) groups excluding carboxylic acids is 1. The first-order valence-electron chi connectivity index (χ1n) is 5.36. The lowest BCUT2D eigenvalue weighted by Gasteiger charge is -2.09. The van der Waals surface area contributed by atoms with E-state index in [9.17, 15) is 4.79 Å². The van der Waals surface area contributed by atoms with Gasteiger partial charge in [0.05, 0.1) is 11.6 Å². The minimum Gasteiger partial charge on any atom is -0.336 e. The fourth-order valence-electron chi connectivity index (χ4n) is 1.55. The summed E-state index contributed by atoms with van der Waals surface area (Å²) in [7, 11) is 0. The minimum atomic E-state index is -0.378. The molecule has 0 saturated heterocycles. The van der Waals surface area contributed by atoms with E-state index in [2.05, 4.69) is 11.4 Å². The Bertz CT molecular complexity index is 417. The highest BCUT2D eigenvalue weighted by molar-refractivity contribution is 7.12. The van der Waals surface area contributed by atoms with Crippen molar-refractivity contribution < 1.29 is 4.79 Å². The second-order valence-electron chi connectivity index (χ2n) is 3.77. The molecule has 16 heavy (non-hydrogen) atoms. The molecule has 0 aliphatic rings. The van der Waals surface area contributed by atoms with E-state index in [1.807, 2.05) is 26.8 Å². The zero-order valence-corrected chi connectivity index (χ0v) is 10.6. The number of nitrogens with zero attached hydrogens (tertiary/aromatic N) is 1. The molecule has 0 aliphatic carbocycles. The zero-order valence-electron chi connectivity index (χ0n) is 9.83. The number of nitrogens with one attached hydrogen (secondary N) is 1. The van der Waals surface area contributed by atoms with Gasteiger partial charge in [0.1, 0.15) is 6.04 Å². The van der Waals surface area contributed by atoms with Gasteiger partial charge < -0.3 is 5.32 Å². The van der Waals surface area contributed by atoms with Gasteiger partial charge in [0.15, 0.2) is 0 Å². The summed E-state index contributed by atoms with van der Waals surface area (Å²) in [4.78, 5) is 14.0. The first kappa shape index (κ1) is 12.7. The molecule has 0 radical (unpaired) electrons. The number of hydrogen-bond donors (Lipinski definition) is 1. The number of nitriles is 1. The summed E-state index contributed by atoms with van der Waals surface area (Å²) in [5.74, 6) is -0.137. The molecule has 1 amide bonds. The molecule has 3 nitrogen and oxygen atoms in total. The summed E-state index contributed by atoms with van der Waals surface area (Å²) in [6.07, 6.45) is 1.59. The standard InChI is InChI=1S/C12H16N2OS/c1-4-5-10(7-13)14-12(15)11-6-8(2)16-9(11)3/h6,10H,4-5H2,1-3H3,(H,14,15)/t10-/m1/s1. The molecule has 1 heterocycles. The van der Waals surface area contributed by atoms with Crippen LogP contribution in [0.4, 0.5) is 0 Å². The lowest BCUT2D eigenvalue weighted by molar-refractivity contribution is 0.0944. The van der Waals surface area contributed by atoms with E-state index in [1.54, 1.807) is 11.3 Å². The van der Waals surface area contributed by atoms with Crippen molar-refractivity contribution in [2.45, 2.75) is 39.7 Å². The largest absolute Gasteiger partial charge is 0.336 e. The van der Waals surface area contributed by atoms with Gasteiger partial charge >= 0.3 is 0 Å². The molecule has 0 unspecified atom stereocenters. The third-order valence-corrected chi connectivity index (χ3v) is 3.29. The topological polar surface area (TPSA) is 52.9 Å². The summed E-state index contributed by atoms with van der Waals surface area (Å²) in [5, 5.41) is 11.6. The van der Waals surface area contributed by atoms with Crippen LogP contribution in [-0.2, 0) is 0 Å². The van der Waals surface area contributed by atoms with Crippen LogP contribution < -0.4 is 5.32 Å². The first-order valence-corrected chi connectivity index (χ1v) is 6.17.